The molecule has 0 atom stereocenters. The van der Waals surface area contributed by atoms with Crippen LogP contribution in [0.4, 0.5) is 16.3 Å². The van der Waals surface area contributed by atoms with Gasteiger partial charge in [0.1, 0.15) is 5.82 Å². The summed E-state index contributed by atoms with van der Waals surface area (Å²) in [4.78, 5) is 18.1. The number of hydrogen-bond donors (Lipinski definition) is 1. The highest BCUT2D eigenvalue weighted by molar-refractivity contribution is 5.79. The van der Waals surface area contributed by atoms with Crippen LogP contribution in [0.5, 0.6) is 5.88 Å². The molecule has 176 valence electrons. The number of piperidine rings is 1. The van der Waals surface area contributed by atoms with E-state index in [-0.39, 0.29) is 11.9 Å². The van der Waals surface area contributed by atoms with Crippen molar-refractivity contribution in [1.29, 1.82) is 0 Å². The number of fused-ring (bicyclic) bond motifs is 1. The Kier molecular flexibility index (Phi) is 6.27. The summed E-state index contributed by atoms with van der Waals surface area (Å²) in [5, 5.41) is 8.99. The highest BCUT2D eigenvalue weighted by Gasteiger charge is 2.27. The minimum atomic E-state index is -0.419. The van der Waals surface area contributed by atoms with Crippen molar-refractivity contribution >= 4 is 22.9 Å². The number of anilines is 2. The second kappa shape index (κ2) is 9.64. The zero-order chi connectivity index (χ0) is 23.5. The van der Waals surface area contributed by atoms with E-state index in [4.69, 9.17) is 14.8 Å². The minimum absolute atomic E-state index is 0.233. The molecule has 0 spiro atoms. The van der Waals surface area contributed by atoms with Gasteiger partial charge >= 0.3 is 0 Å². The average Bonchev–Trinajstić information content (AvgIpc) is 3.24. The monoisotopic (exact) mass is 462 g/mol. The van der Waals surface area contributed by atoms with Gasteiger partial charge in [0.25, 0.3) is 0 Å². The quantitative estimate of drug-likeness (QED) is 0.422. The van der Waals surface area contributed by atoms with E-state index in [0.717, 1.165) is 48.5 Å². The van der Waals surface area contributed by atoms with Crippen LogP contribution in [0.25, 0.3) is 11.0 Å². The molecule has 1 aliphatic rings. The van der Waals surface area contributed by atoms with Crippen LogP contribution in [0, 0.1) is 5.82 Å². The fourth-order valence-corrected chi connectivity index (χ4v) is 4.50. The average molecular weight is 463 g/mol. The highest BCUT2D eigenvalue weighted by atomic mass is 19.1. The Morgan fingerprint density at radius 1 is 1.06 bits per heavy atom. The number of aliphatic hydroxyl groups is 1. The van der Waals surface area contributed by atoms with Crippen LogP contribution in [0.3, 0.4) is 0 Å². The van der Waals surface area contributed by atoms with Gasteiger partial charge < -0.3 is 24.2 Å². The SMILES string of the molecule is CN(c1nccc(OCO)n1)C1CCN(c2nc3ccccc3n2Cc2ccc(F)cc2)CC1. The van der Waals surface area contributed by atoms with Gasteiger partial charge in [-0.15, -0.1) is 0 Å². The first-order valence-electron chi connectivity index (χ1n) is 11.4. The fourth-order valence-electron chi connectivity index (χ4n) is 4.50. The van der Waals surface area contributed by atoms with Gasteiger partial charge in [-0.1, -0.05) is 24.3 Å². The Morgan fingerprint density at radius 2 is 1.82 bits per heavy atom. The van der Waals surface area contributed by atoms with Gasteiger partial charge in [-0.25, -0.2) is 14.4 Å². The zero-order valence-corrected chi connectivity index (χ0v) is 19.0. The lowest BCUT2D eigenvalue weighted by Gasteiger charge is -2.37. The summed E-state index contributed by atoms with van der Waals surface area (Å²) in [7, 11) is 1.99. The number of para-hydroxylation sites is 2. The number of aliphatic hydroxyl groups excluding tert-OH is 1. The molecular formula is C25H27FN6O2. The van der Waals surface area contributed by atoms with Gasteiger partial charge in [-0.3, -0.25) is 0 Å². The van der Waals surface area contributed by atoms with E-state index in [9.17, 15) is 4.39 Å². The second-order valence-corrected chi connectivity index (χ2v) is 8.41. The second-order valence-electron chi connectivity index (χ2n) is 8.41. The van der Waals surface area contributed by atoms with Gasteiger partial charge in [-0.2, -0.15) is 4.98 Å². The van der Waals surface area contributed by atoms with Gasteiger partial charge in [-0.05, 0) is 42.7 Å². The molecule has 9 heteroatoms. The summed E-state index contributed by atoms with van der Waals surface area (Å²) in [6.45, 7) is 1.89. The van der Waals surface area contributed by atoms with E-state index in [1.165, 1.54) is 12.1 Å². The third-order valence-electron chi connectivity index (χ3n) is 6.33. The summed E-state index contributed by atoms with van der Waals surface area (Å²) in [6, 6.07) is 16.7. The van der Waals surface area contributed by atoms with Crippen molar-refractivity contribution in [2.75, 3.05) is 36.7 Å². The topological polar surface area (TPSA) is 79.5 Å². The molecule has 0 saturated carbocycles. The molecular weight excluding hydrogens is 435 g/mol. The maximum atomic E-state index is 13.4. The molecule has 2 aromatic carbocycles. The maximum absolute atomic E-state index is 13.4. The van der Waals surface area contributed by atoms with E-state index in [1.807, 2.05) is 37.4 Å². The smallest absolute Gasteiger partial charge is 0.228 e. The number of ether oxygens (including phenoxy) is 1. The zero-order valence-electron chi connectivity index (χ0n) is 19.0. The highest BCUT2D eigenvalue weighted by Crippen LogP contribution is 2.28. The van der Waals surface area contributed by atoms with Gasteiger partial charge in [0, 0.05) is 38.4 Å². The lowest BCUT2D eigenvalue weighted by Crippen LogP contribution is -2.44. The third kappa shape index (κ3) is 4.51. The number of halogens is 1. The van der Waals surface area contributed by atoms with E-state index in [2.05, 4.69) is 30.4 Å². The lowest BCUT2D eigenvalue weighted by atomic mass is 10.0. The van der Waals surface area contributed by atoms with Crippen molar-refractivity contribution in [2.24, 2.45) is 0 Å². The first-order chi connectivity index (χ1) is 16.6. The number of nitrogens with zero attached hydrogens (tertiary/aromatic N) is 6. The van der Waals surface area contributed by atoms with Crippen LogP contribution in [-0.2, 0) is 6.54 Å². The molecule has 0 amide bonds. The van der Waals surface area contributed by atoms with E-state index < -0.39 is 6.79 Å². The van der Waals surface area contributed by atoms with Gasteiger partial charge in [0.05, 0.1) is 17.6 Å². The Labute approximate surface area is 197 Å². The molecule has 8 nitrogen and oxygen atoms in total. The van der Waals surface area contributed by atoms with Crippen LogP contribution in [0.15, 0.2) is 60.8 Å². The normalized spacial score (nSPS) is 14.5. The van der Waals surface area contributed by atoms with Crippen molar-refractivity contribution in [3.63, 3.8) is 0 Å². The van der Waals surface area contributed by atoms with Gasteiger partial charge in [0.15, 0.2) is 6.79 Å². The molecule has 3 heterocycles. The third-order valence-corrected chi connectivity index (χ3v) is 6.33. The Hall–Kier alpha value is -3.72. The van der Waals surface area contributed by atoms with Crippen LogP contribution in [0.2, 0.25) is 0 Å². The van der Waals surface area contributed by atoms with Crippen molar-refractivity contribution in [3.8, 4) is 5.88 Å². The van der Waals surface area contributed by atoms with E-state index >= 15 is 0 Å². The summed E-state index contributed by atoms with van der Waals surface area (Å²) in [6.07, 6.45) is 3.48. The molecule has 1 aliphatic heterocycles. The fraction of sp³-hybridized carbons (Fsp3) is 0.320. The van der Waals surface area contributed by atoms with Crippen molar-refractivity contribution in [3.05, 3.63) is 72.2 Å². The number of benzene rings is 2. The predicted molar refractivity (Wildman–Crippen MR) is 129 cm³/mol. The Balaban J connectivity index is 1.34. The number of rotatable bonds is 7. The molecule has 34 heavy (non-hydrogen) atoms. The van der Waals surface area contributed by atoms with Crippen LogP contribution in [0.1, 0.15) is 18.4 Å². The molecule has 1 saturated heterocycles. The lowest BCUT2D eigenvalue weighted by molar-refractivity contribution is 0.0940. The molecule has 4 aromatic rings. The summed E-state index contributed by atoms with van der Waals surface area (Å²) < 4.78 is 20.7. The minimum Gasteiger partial charge on any atom is -0.451 e. The van der Waals surface area contributed by atoms with Crippen molar-refractivity contribution < 1.29 is 14.2 Å². The largest absolute Gasteiger partial charge is 0.451 e. The number of aromatic nitrogens is 4. The summed E-state index contributed by atoms with van der Waals surface area (Å²) in [5.41, 5.74) is 3.05. The first kappa shape index (κ1) is 22.1. The van der Waals surface area contributed by atoms with Gasteiger partial charge in [0.2, 0.25) is 17.8 Å². The molecule has 1 fully saturated rings. The van der Waals surface area contributed by atoms with Crippen LogP contribution < -0.4 is 14.5 Å². The van der Waals surface area contributed by atoms with Crippen LogP contribution in [-0.4, -0.2) is 57.6 Å². The predicted octanol–water partition coefficient (Wildman–Crippen LogP) is 3.45. The molecule has 0 unspecified atom stereocenters. The van der Waals surface area contributed by atoms with E-state index in [1.54, 1.807) is 12.3 Å². The molecule has 0 bridgehead atoms. The summed E-state index contributed by atoms with van der Waals surface area (Å²) >= 11 is 0. The molecule has 0 radical (unpaired) electrons. The maximum Gasteiger partial charge on any atom is 0.228 e. The molecule has 2 aromatic heterocycles. The number of hydrogen-bond acceptors (Lipinski definition) is 7. The Morgan fingerprint density at radius 3 is 2.59 bits per heavy atom. The standard InChI is InChI=1S/C25H27FN6O2/c1-30(24-27-13-10-23(29-24)34-17-33)20-11-14-31(15-12-20)25-28-21-4-2-3-5-22(21)32(25)16-18-6-8-19(26)9-7-18/h2-10,13,20,33H,11-12,14-17H2,1H3. The molecule has 0 aliphatic carbocycles. The Bertz CT molecular complexity index is 1250. The van der Waals surface area contributed by atoms with Crippen LogP contribution >= 0.6 is 0 Å². The van der Waals surface area contributed by atoms with Crippen molar-refractivity contribution in [1.82, 2.24) is 19.5 Å². The first-order valence-corrected chi connectivity index (χ1v) is 11.4. The number of imidazole rings is 1. The van der Waals surface area contributed by atoms with E-state index in [0.29, 0.717) is 18.4 Å². The van der Waals surface area contributed by atoms with Crippen molar-refractivity contribution in [2.45, 2.75) is 25.4 Å². The summed E-state index contributed by atoms with van der Waals surface area (Å²) in [5.74, 6) is 1.63. The molecule has 5 rings (SSSR count). The molecule has 1 N–H and O–H groups in total.